The number of anilines is 1. The van der Waals surface area contributed by atoms with Crippen LogP contribution in [0, 0.1) is 0 Å². The summed E-state index contributed by atoms with van der Waals surface area (Å²) in [6, 6.07) is 5.89. The highest BCUT2D eigenvalue weighted by Crippen LogP contribution is 2.32. The molecule has 1 aliphatic heterocycles. The summed E-state index contributed by atoms with van der Waals surface area (Å²) < 4.78 is 6.82. The number of nitrogens with two attached hydrogens (primary N) is 1. The summed E-state index contributed by atoms with van der Waals surface area (Å²) in [4.78, 5) is 28.3. The smallest absolute Gasteiger partial charge is 0.275 e. The molecule has 3 heterocycles. The number of hydrogen-bond acceptors (Lipinski definition) is 6. The van der Waals surface area contributed by atoms with Gasteiger partial charge >= 0.3 is 0 Å². The number of fused-ring (bicyclic) bond motifs is 1. The predicted molar refractivity (Wildman–Crippen MR) is 96.4 cm³/mol. The fraction of sp³-hybridized carbons (Fsp3) is 0.176. The van der Waals surface area contributed by atoms with Gasteiger partial charge in [-0.3, -0.25) is 14.3 Å². The lowest BCUT2D eigenvalue weighted by atomic mass is 10.1. The Morgan fingerprint density at radius 2 is 2.23 bits per heavy atom. The van der Waals surface area contributed by atoms with E-state index in [4.69, 9.17) is 10.5 Å². The maximum atomic E-state index is 12.5. The first kappa shape index (κ1) is 16.3. The van der Waals surface area contributed by atoms with Crippen molar-refractivity contribution in [3.8, 4) is 16.3 Å². The largest absolute Gasteiger partial charge is 0.493 e. The first-order chi connectivity index (χ1) is 12.5. The third kappa shape index (κ3) is 2.82. The predicted octanol–water partition coefficient (Wildman–Crippen LogP) is 1.83. The summed E-state index contributed by atoms with van der Waals surface area (Å²) in [6.07, 6.45) is 2.25. The summed E-state index contributed by atoms with van der Waals surface area (Å²) in [5, 5.41) is 9.00. The maximum Gasteiger partial charge on any atom is 0.275 e. The van der Waals surface area contributed by atoms with Crippen LogP contribution in [0.2, 0.25) is 0 Å². The van der Waals surface area contributed by atoms with Crippen LogP contribution in [0.5, 0.6) is 5.75 Å². The normalized spacial score (nSPS) is 12.5. The monoisotopic (exact) mass is 369 g/mol. The average Bonchev–Trinajstić information content (AvgIpc) is 3.33. The van der Waals surface area contributed by atoms with Gasteiger partial charge in [0.25, 0.3) is 11.8 Å². The Hall–Kier alpha value is -3.20. The molecule has 0 bridgehead atoms. The Kier molecular flexibility index (Phi) is 3.92. The summed E-state index contributed by atoms with van der Waals surface area (Å²) in [5.41, 5.74) is 8.07. The summed E-state index contributed by atoms with van der Waals surface area (Å²) in [5.74, 6) is -0.189. The van der Waals surface area contributed by atoms with Crippen LogP contribution < -0.4 is 15.8 Å². The second-order valence-electron chi connectivity index (χ2n) is 5.81. The standard InChI is InChI=1S/C17H15N5O3S/c1-22-14(15(18)23)11(7-19-22)20-16(24)12-8-26-17(21-12)10-2-3-13-9(6-10)4-5-25-13/h2-3,6-8H,4-5H2,1H3,(H2,18,23)(H,20,24). The number of nitrogens with zero attached hydrogens (tertiary/aromatic N) is 3. The number of hydrogen-bond donors (Lipinski definition) is 2. The summed E-state index contributed by atoms with van der Waals surface area (Å²) in [6.45, 7) is 0.692. The topological polar surface area (TPSA) is 112 Å². The number of primary amides is 1. The molecule has 1 aliphatic rings. The van der Waals surface area contributed by atoms with Gasteiger partial charge in [-0.1, -0.05) is 0 Å². The van der Waals surface area contributed by atoms with Crippen LogP contribution in [0.1, 0.15) is 26.5 Å². The van der Waals surface area contributed by atoms with Gasteiger partial charge < -0.3 is 15.8 Å². The van der Waals surface area contributed by atoms with Crippen LogP contribution in [-0.2, 0) is 13.5 Å². The molecule has 0 saturated heterocycles. The van der Waals surface area contributed by atoms with Crippen LogP contribution in [0.4, 0.5) is 5.69 Å². The zero-order chi connectivity index (χ0) is 18.3. The zero-order valence-electron chi connectivity index (χ0n) is 13.9. The molecule has 3 aromatic rings. The van der Waals surface area contributed by atoms with Crippen molar-refractivity contribution >= 4 is 28.8 Å². The third-order valence-electron chi connectivity index (χ3n) is 4.09. The van der Waals surface area contributed by atoms with E-state index in [0.717, 1.165) is 28.3 Å². The number of benzene rings is 1. The van der Waals surface area contributed by atoms with Crippen molar-refractivity contribution < 1.29 is 14.3 Å². The molecular formula is C17H15N5O3S. The molecule has 0 saturated carbocycles. The molecule has 0 radical (unpaired) electrons. The van der Waals surface area contributed by atoms with E-state index in [0.29, 0.717) is 6.61 Å². The Morgan fingerprint density at radius 1 is 1.38 bits per heavy atom. The van der Waals surface area contributed by atoms with Gasteiger partial charge in [0.2, 0.25) is 0 Å². The minimum absolute atomic E-state index is 0.132. The van der Waals surface area contributed by atoms with Crippen LogP contribution in [0.3, 0.4) is 0 Å². The highest BCUT2D eigenvalue weighted by atomic mass is 32.1. The Balaban J connectivity index is 1.56. The van der Waals surface area contributed by atoms with Crippen molar-refractivity contribution in [2.45, 2.75) is 6.42 Å². The summed E-state index contributed by atoms with van der Waals surface area (Å²) in [7, 11) is 1.58. The molecule has 1 aromatic carbocycles. The van der Waals surface area contributed by atoms with Gasteiger partial charge in [0, 0.05) is 24.4 Å². The first-order valence-corrected chi connectivity index (χ1v) is 8.75. The fourth-order valence-corrected chi connectivity index (χ4v) is 3.63. The van der Waals surface area contributed by atoms with E-state index >= 15 is 0 Å². The minimum atomic E-state index is -0.667. The molecule has 0 fully saturated rings. The molecule has 132 valence electrons. The molecule has 8 nitrogen and oxygen atoms in total. The zero-order valence-corrected chi connectivity index (χ0v) is 14.7. The van der Waals surface area contributed by atoms with Gasteiger partial charge in [-0.15, -0.1) is 11.3 Å². The number of aromatic nitrogens is 3. The van der Waals surface area contributed by atoms with E-state index in [1.807, 2.05) is 18.2 Å². The van der Waals surface area contributed by atoms with E-state index in [9.17, 15) is 9.59 Å². The molecule has 0 unspecified atom stereocenters. The Morgan fingerprint density at radius 3 is 3.04 bits per heavy atom. The molecular weight excluding hydrogens is 354 g/mol. The van der Waals surface area contributed by atoms with E-state index in [2.05, 4.69) is 15.4 Å². The number of ether oxygens (including phenoxy) is 1. The molecule has 0 atom stereocenters. The second kappa shape index (κ2) is 6.26. The highest BCUT2D eigenvalue weighted by molar-refractivity contribution is 7.13. The van der Waals surface area contributed by atoms with Crippen molar-refractivity contribution in [3.05, 3.63) is 46.7 Å². The van der Waals surface area contributed by atoms with Crippen molar-refractivity contribution in [1.29, 1.82) is 0 Å². The molecule has 3 N–H and O–H groups in total. The Bertz CT molecular complexity index is 1020. The Labute approximate surface area is 152 Å². The summed E-state index contributed by atoms with van der Waals surface area (Å²) >= 11 is 1.38. The minimum Gasteiger partial charge on any atom is -0.493 e. The first-order valence-electron chi connectivity index (χ1n) is 7.87. The molecule has 2 amide bonds. The SMILES string of the molecule is Cn1ncc(NC(=O)c2csc(-c3ccc4c(c3)CCO4)n2)c1C(N)=O. The van der Waals surface area contributed by atoms with E-state index in [1.54, 1.807) is 12.4 Å². The lowest BCUT2D eigenvalue weighted by molar-refractivity contribution is 0.0992. The van der Waals surface area contributed by atoms with Gasteiger partial charge in [0.15, 0.2) is 0 Å². The molecule has 0 aliphatic carbocycles. The third-order valence-corrected chi connectivity index (χ3v) is 4.98. The van der Waals surface area contributed by atoms with Gasteiger partial charge in [-0.25, -0.2) is 4.98 Å². The highest BCUT2D eigenvalue weighted by Gasteiger charge is 2.19. The van der Waals surface area contributed by atoms with Crippen molar-refractivity contribution in [1.82, 2.24) is 14.8 Å². The molecule has 4 rings (SSSR count). The van der Waals surface area contributed by atoms with Gasteiger partial charge in [-0.05, 0) is 23.8 Å². The number of amides is 2. The van der Waals surface area contributed by atoms with E-state index < -0.39 is 11.8 Å². The number of carbonyl (C=O) groups excluding carboxylic acids is 2. The average molecular weight is 369 g/mol. The molecule has 2 aromatic heterocycles. The van der Waals surface area contributed by atoms with Crippen molar-refractivity contribution in [3.63, 3.8) is 0 Å². The fourth-order valence-electron chi connectivity index (χ4n) is 2.84. The maximum absolute atomic E-state index is 12.5. The van der Waals surface area contributed by atoms with Gasteiger partial charge in [-0.2, -0.15) is 5.10 Å². The second-order valence-corrected chi connectivity index (χ2v) is 6.67. The molecule has 0 spiro atoms. The number of thiazole rings is 1. The number of rotatable bonds is 4. The molecule has 26 heavy (non-hydrogen) atoms. The van der Waals surface area contributed by atoms with Crippen molar-refractivity contribution in [2.75, 3.05) is 11.9 Å². The van der Waals surface area contributed by atoms with Crippen LogP contribution in [-0.4, -0.2) is 33.2 Å². The lowest BCUT2D eigenvalue weighted by Gasteiger charge is -2.03. The number of nitrogens with one attached hydrogen (secondary N) is 1. The quantitative estimate of drug-likeness (QED) is 0.729. The van der Waals surface area contributed by atoms with E-state index in [1.165, 1.54) is 22.2 Å². The van der Waals surface area contributed by atoms with Crippen molar-refractivity contribution in [2.24, 2.45) is 12.8 Å². The van der Waals surface area contributed by atoms with Crippen LogP contribution >= 0.6 is 11.3 Å². The molecule has 9 heteroatoms. The van der Waals surface area contributed by atoms with Gasteiger partial charge in [0.1, 0.15) is 22.1 Å². The number of aryl methyl sites for hydroxylation is 1. The number of carbonyl (C=O) groups is 2. The van der Waals surface area contributed by atoms with Crippen LogP contribution in [0.15, 0.2) is 29.8 Å². The lowest BCUT2D eigenvalue weighted by Crippen LogP contribution is -2.20. The van der Waals surface area contributed by atoms with E-state index in [-0.39, 0.29) is 17.1 Å². The van der Waals surface area contributed by atoms with Gasteiger partial charge in [0.05, 0.1) is 18.5 Å². The van der Waals surface area contributed by atoms with Crippen LogP contribution in [0.25, 0.3) is 10.6 Å².